The number of thiophene rings is 1. The lowest BCUT2D eigenvalue weighted by Crippen LogP contribution is -2.45. The Kier molecular flexibility index (Phi) is 4.77. The van der Waals surface area contributed by atoms with Gasteiger partial charge in [0, 0.05) is 4.88 Å². The van der Waals surface area contributed by atoms with Crippen LogP contribution in [0.2, 0.25) is 0 Å². The number of hydrogen-bond acceptors (Lipinski definition) is 5. The highest BCUT2D eigenvalue weighted by Gasteiger charge is 2.27. The summed E-state index contributed by atoms with van der Waals surface area (Å²) in [5.74, 6) is -1.21. The summed E-state index contributed by atoms with van der Waals surface area (Å²) < 4.78 is 5.09. The van der Waals surface area contributed by atoms with Crippen molar-refractivity contribution in [1.82, 2.24) is 10.6 Å². The van der Waals surface area contributed by atoms with Gasteiger partial charge in [0.2, 0.25) is 0 Å². The fourth-order valence-electron chi connectivity index (χ4n) is 1.67. The van der Waals surface area contributed by atoms with E-state index in [2.05, 4.69) is 10.6 Å². The minimum absolute atomic E-state index is 0.119. The van der Waals surface area contributed by atoms with Crippen LogP contribution >= 0.6 is 11.3 Å². The minimum Gasteiger partial charge on any atom is -0.466 e. The second-order valence-corrected chi connectivity index (χ2v) is 5.73. The molecule has 2 aromatic heterocycles. The molecule has 0 aliphatic heterocycles. The first-order valence-electron chi connectivity index (χ1n) is 6.34. The molecule has 0 aromatic carbocycles. The summed E-state index contributed by atoms with van der Waals surface area (Å²) in [5.41, 5.74) is -1.37. The number of hydrogen-bond donors (Lipinski definition) is 3. The minimum atomic E-state index is -1.37. The summed E-state index contributed by atoms with van der Waals surface area (Å²) in [5, 5.41) is 16.9. The van der Waals surface area contributed by atoms with Gasteiger partial charge in [0.1, 0.15) is 11.4 Å². The first-order valence-corrected chi connectivity index (χ1v) is 7.22. The van der Waals surface area contributed by atoms with Crippen LogP contribution in [0.15, 0.2) is 40.3 Å². The van der Waals surface area contributed by atoms with Crippen molar-refractivity contribution in [2.45, 2.75) is 19.1 Å². The van der Waals surface area contributed by atoms with E-state index in [0.717, 1.165) is 4.88 Å². The molecule has 0 spiro atoms. The van der Waals surface area contributed by atoms with Gasteiger partial charge in [0.05, 0.1) is 19.4 Å². The van der Waals surface area contributed by atoms with Crippen LogP contribution in [0.3, 0.4) is 0 Å². The van der Waals surface area contributed by atoms with E-state index in [9.17, 15) is 14.7 Å². The molecule has 0 radical (unpaired) electrons. The predicted octanol–water partition coefficient (Wildman–Crippen LogP) is 0.981. The SMILES string of the molecule is C[C@@](O)(CNC(=O)C(=O)NCc1cccs1)c1ccco1. The summed E-state index contributed by atoms with van der Waals surface area (Å²) in [6.45, 7) is 1.68. The summed E-state index contributed by atoms with van der Waals surface area (Å²) in [6, 6.07) is 6.97. The Morgan fingerprint density at radius 3 is 2.67 bits per heavy atom. The maximum absolute atomic E-state index is 11.7. The maximum atomic E-state index is 11.7. The van der Waals surface area contributed by atoms with Crippen molar-refractivity contribution >= 4 is 23.2 Å². The van der Waals surface area contributed by atoms with E-state index in [1.165, 1.54) is 24.5 Å². The zero-order chi connectivity index (χ0) is 15.3. The number of carbonyl (C=O) groups excluding carboxylic acids is 2. The van der Waals surface area contributed by atoms with Crippen LogP contribution in [0.4, 0.5) is 0 Å². The third-order valence-electron chi connectivity index (χ3n) is 2.85. The Morgan fingerprint density at radius 2 is 2.05 bits per heavy atom. The van der Waals surface area contributed by atoms with Gasteiger partial charge >= 0.3 is 11.8 Å². The monoisotopic (exact) mass is 308 g/mol. The van der Waals surface area contributed by atoms with Crippen molar-refractivity contribution in [3.05, 3.63) is 46.5 Å². The Morgan fingerprint density at radius 1 is 1.29 bits per heavy atom. The molecule has 7 heteroatoms. The van der Waals surface area contributed by atoms with Crippen LogP contribution in [0, 0.1) is 0 Å². The highest BCUT2D eigenvalue weighted by molar-refractivity contribution is 7.09. The topological polar surface area (TPSA) is 91.6 Å². The zero-order valence-corrected chi connectivity index (χ0v) is 12.3. The highest BCUT2D eigenvalue weighted by atomic mass is 32.1. The number of nitrogens with one attached hydrogen (secondary N) is 2. The van der Waals surface area contributed by atoms with E-state index in [1.807, 2.05) is 17.5 Å². The molecule has 2 amide bonds. The maximum Gasteiger partial charge on any atom is 0.309 e. The van der Waals surface area contributed by atoms with Crippen LogP contribution in [0.5, 0.6) is 0 Å². The normalized spacial score (nSPS) is 13.4. The van der Waals surface area contributed by atoms with Crippen LogP contribution in [0.1, 0.15) is 17.6 Å². The predicted molar refractivity (Wildman–Crippen MR) is 77.5 cm³/mol. The van der Waals surface area contributed by atoms with Gasteiger partial charge < -0.3 is 20.2 Å². The molecular weight excluding hydrogens is 292 g/mol. The van der Waals surface area contributed by atoms with E-state index in [-0.39, 0.29) is 6.54 Å². The van der Waals surface area contributed by atoms with Gasteiger partial charge in [-0.3, -0.25) is 9.59 Å². The van der Waals surface area contributed by atoms with Gasteiger partial charge in [0.15, 0.2) is 0 Å². The Bertz CT molecular complexity index is 591. The molecule has 2 rings (SSSR count). The zero-order valence-electron chi connectivity index (χ0n) is 11.5. The molecule has 0 unspecified atom stereocenters. The molecule has 0 saturated carbocycles. The van der Waals surface area contributed by atoms with Crippen molar-refractivity contribution in [2.24, 2.45) is 0 Å². The highest BCUT2D eigenvalue weighted by Crippen LogP contribution is 2.19. The third kappa shape index (κ3) is 4.17. The molecule has 0 aliphatic rings. The number of carbonyl (C=O) groups is 2. The van der Waals surface area contributed by atoms with Gasteiger partial charge in [0.25, 0.3) is 0 Å². The van der Waals surface area contributed by atoms with Gasteiger partial charge in [-0.05, 0) is 30.5 Å². The van der Waals surface area contributed by atoms with E-state index in [0.29, 0.717) is 12.3 Å². The quantitative estimate of drug-likeness (QED) is 0.718. The molecule has 112 valence electrons. The standard InChI is InChI=1S/C14H16N2O4S/c1-14(19,11-5-2-6-20-11)9-16-13(18)12(17)15-8-10-4-3-7-21-10/h2-7,19H,8-9H2,1H3,(H,15,17)(H,16,18)/t14-/m1/s1. The van der Waals surface area contributed by atoms with E-state index in [4.69, 9.17) is 4.42 Å². The smallest absolute Gasteiger partial charge is 0.309 e. The average Bonchev–Trinajstić information content (AvgIpc) is 3.14. The summed E-state index contributed by atoms with van der Waals surface area (Å²) >= 11 is 1.49. The van der Waals surface area contributed by atoms with Crippen molar-refractivity contribution in [1.29, 1.82) is 0 Å². The van der Waals surface area contributed by atoms with Crippen LogP contribution in [-0.2, 0) is 21.7 Å². The lowest BCUT2D eigenvalue weighted by molar-refractivity contribution is -0.140. The Balaban J connectivity index is 1.80. The first-order chi connectivity index (χ1) is 9.99. The molecule has 0 aliphatic carbocycles. The number of aliphatic hydroxyl groups is 1. The lowest BCUT2D eigenvalue weighted by Gasteiger charge is -2.20. The van der Waals surface area contributed by atoms with Crippen LogP contribution < -0.4 is 10.6 Å². The summed E-state index contributed by atoms with van der Waals surface area (Å²) in [4.78, 5) is 24.2. The molecule has 0 fully saturated rings. The fourth-order valence-corrected chi connectivity index (χ4v) is 2.31. The summed E-state index contributed by atoms with van der Waals surface area (Å²) in [7, 11) is 0. The molecule has 2 aromatic rings. The Hall–Kier alpha value is -2.12. The molecule has 0 bridgehead atoms. The molecule has 2 heterocycles. The number of furan rings is 1. The molecule has 21 heavy (non-hydrogen) atoms. The molecule has 0 saturated heterocycles. The van der Waals surface area contributed by atoms with E-state index in [1.54, 1.807) is 12.1 Å². The first kappa shape index (κ1) is 15.3. The lowest BCUT2D eigenvalue weighted by atomic mass is 10.0. The summed E-state index contributed by atoms with van der Waals surface area (Å²) in [6.07, 6.45) is 1.43. The van der Waals surface area contributed by atoms with Crippen molar-refractivity contribution in [3.8, 4) is 0 Å². The van der Waals surface area contributed by atoms with Gasteiger partial charge in [-0.2, -0.15) is 0 Å². The second kappa shape index (κ2) is 6.55. The average molecular weight is 308 g/mol. The largest absolute Gasteiger partial charge is 0.466 e. The van der Waals surface area contributed by atoms with Gasteiger partial charge in [-0.15, -0.1) is 11.3 Å². The van der Waals surface area contributed by atoms with Crippen molar-refractivity contribution in [2.75, 3.05) is 6.54 Å². The van der Waals surface area contributed by atoms with Crippen molar-refractivity contribution < 1.29 is 19.1 Å². The van der Waals surface area contributed by atoms with Gasteiger partial charge in [-0.25, -0.2) is 0 Å². The second-order valence-electron chi connectivity index (χ2n) is 4.70. The van der Waals surface area contributed by atoms with Crippen molar-refractivity contribution in [3.63, 3.8) is 0 Å². The van der Waals surface area contributed by atoms with Gasteiger partial charge in [-0.1, -0.05) is 6.07 Å². The van der Waals surface area contributed by atoms with Crippen LogP contribution in [-0.4, -0.2) is 23.5 Å². The number of rotatable bonds is 5. The third-order valence-corrected chi connectivity index (χ3v) is 3.73. The number of amides is 2. The Labute approximate surface area is 125 Å². The molecule has 1 atom stereocenters. The van der Waals surface area contributed by atoms with E-state index < -0.39 is 17.4 Å². The molecule has 3 N–H and O–H groups in total. The van der Waals surface area contributed by atoms with Crippen LogP contribution in [0.25, 0.3) is 0 Å². The van der Waals surface area contributed by atoms with E-state index >= 15 is 0 Å². The molecular formula is C14H16N2O4S. The molecule has 6 nitrogen and oxygen atoms in total. The fraction of sp³-hybridized carbons (Fsp3) is 0.286.